The summed E-state index contributed by atoms with van der Waals surface area (Å²) in [4.78, 5) is 20.2. The zero-order valence-corrected chi connectivity index (χ0v) is 19.2. The lowest BCUT2D eigenvalue weighted by Gasteiger charge is -2.13. The Balaban J connectivity index is 1.83. The number of carboxylic acids is 1. The van der Waals surface area contributed by atoms with E-state index in [0.29, 0.717) is 27.7 Å². The number of halogens is 2. The van der Waals surface area contributed by atoms with Gasteiger partial charge in [0.1, 0.15) is 11.5 Å². The van der Waals surface area contributed by atoms with Crippen molar-refractivity contribution in [3.8, 4) is 22.5 Å². The molecule has 0 bridgehead atoms. The van der Waals surface area contributed by atoms with Crippen molar-refractivity contribution in [3.63, 3.8) is 0 Å². The second kappa shape index (κ2) is 8.43. The lowest BCUT2D eigenvalue weighted by molar-refractivity contribution is 0.0692. The van der Waals surface area contributed by atoms with E-state index in [-0.39, 0.29) is 5.69 Å². The summed E-state index contributed by atoms with van der Waals surface area (Å²) in [5.41, 5.74) is 4.74. The van der Waals surface area contributed by atoms with Crippen molar-refractivity contribution in [1.82, 2.24) is 14.5 Å². The fourth-order valence-corrected chi connectivity index (χ4v) is 4.46. The van der Waals surface area contributed by atoms with Crippen LogP contribution in [-0.4, -0.2) is 25.6 Å². The monoisotopic (exact) mass is 475 g/mol. The summed E-state index contributed by atoms with van der Waals surface area (Å²) in [6, 6.07) is 22.7. The Labute approximate surface area is 200 Å². The predicted molar refractivity (Wildman–Crippen MR) is 132 cm³/mol. The van der Waals surface area contributed by atoms with E-state index in [4.69, 9.17) is 28.2 Å². The molecular formula is C26H19Cl2N3O2. The fraction of sp³-hybridized carbons (Fsp3) is 0.0769. The summed E-state index contributed by atoms with van der Waals surface area (Å²) in [5.74, 6) is -0.272. The van der Waals surface area contributed by atoms with Gasteiger partial charge in [-0.25, -0.2) is 9.78 Å². The maximum Gasteiger partial charge on any atom is 0.353 e. The molecule has 33 heavy (non-hydrogen) atoms. The summed E-state index contributed by atoms with van der Waals surface area (Å²) in [6.07, 6.45) is 0. The first kappa shape index (κ1) is 21.3. The van der Waals surface area contributed by atoms with Gasteiger partial charge in [-0.05, 0) is 36.8 Å². The quantitative estimate of drug-likeness (QED) is 0.285. The minimum atomic E-state index is -1.05. The molecule has 7 heteroatoms. The average Bonchev–Trinajstić information content (AvgIpc) is 3.33. The first-order chi connectivity index (χ1) is 15.9. The SMILES string of the molecule is Cc1nc(-c2ccccc2)c(-c2c(C(=O)O)[nH]c3cc(Cl)ccc23)n1Cc1ccc(Cl)cc1. The molecule has 5 rings (SSSR count). The molecule has 0 amide bonds. The van der Waals surface area contributed by atoms with Crippen LogP contribution in [0, 0.1) is 6.92 Å². The standard InChI is InChI=1S/C26H19Cl2N3O2/c1-15-29-23(17-5-3-2-4-6-17)25(31(15)14-16-7-9-18(27)10-8-16)22-20-12-11-19(28)13-21(20)30-24(22)26(32)33/h2-13,30H,14H2,1H3,(H,32,33). The first-order valence-corrected chi connectivity index (χ1v) is 11.1. The highest BCUT2D eigenvalue weighted by Gasteiger charge is 2.27. The van der Waals surface area contributed by atoms with Crippen LogP contribution in [0.5, 0.6) is 0 Å². The van der Waals surface area contributed by atoms with Gasteiger partial charge in [0.25, 0.3) is 0 Å². The number of rotatable bonds is 5. The normalized spacial score (nSPS) is 11.2. The van der Waals surface area contributed by atoms with E-state index in [0.717, 1.165) is 33.7 Å². The number of nitrogens with one attached hydrogen (secondary N) is 1. The number of aromatic carboxylic acids is 1. The summed E-state index contributed by atoms with van der Waals surface area (Å²) in [6.45, 7) is 2.44. The molecule has 0 fully saturated rings. The van der Waals surface area contributed by atoms with Gasteiger partial charge >= 0.3 is 5.97 Å². The molecule has 0 aliphatic rings. The third-order valence-electron chi connectivity index (χ3n) is 5.67. The van der Waals surface area contributed by atoms with Gasteiger partial charge in [0, 0.05) is 38.6 Å². The Morgan fingerprint density at radius 1 is 1.00 bits per heavy atom. The van der Waals surface area contributed by atoms with Gasteiger partial charge in [-0.15, -0.1) is 0 Å². The van der Waals surface area contributed by atoms with Gasteiger partial charge in [0.15, 0.2) is 0 Å². The molecule has 3 aromatic carbocycles. The molecule has 0 atom stereocenters. The van der Waals surface area contributed by atoms with Crippen LogP contribution in [0.3, 0.4) is 0 Å². The zero-order chi connectivity index (χ0) is 23.1. The number of hydrogen-bond acceptors (Lipinski definition) is 2. The number of nitrogens with zero attached hydrogens (tertiary/aromatic N) is 2. The summed E-state index contributed by atoms with van der Waals surface area (Å²) < 4.78 is 2.05. The summed E-state index contributed by atoms with van der Waals surface area (Å²) in [7, 11) is 0. The van der Waals surface area contributed by atoms with Crippen LogP contribution in [0.1, 0.15) is 21.9 Å². The van der Waals surface area contributed by atoms with E-state index in [1.807, 2.05) is 67.6 Å². The molecule has 2 aromatic heterocycles. The topological polar surface area (TPSA) is 70.9 Å². The zero-order valence-electron chi connectivity index (χ0n) is 17.6. The molecule has 5 nitrogen and oxygen atoms in total. The van der Waals surface area contributed by atoms with Crippen molar-refractivity contribution >= 4 is 40.1 Å². The number of aromatic amines is 1. The Kier molecular flexibility index (Phi) is 5.44. The van der Waals surface area contributed by atoms with Crippen molar-refractivity contribution < 1.29 is 9.90 Å². The summed E-state index contributed by atoms with van der Waals surface area (Å²) >= 11 is 12.3. The van der Waals surface area contributed by atoms with E-state index in [9.17, 15) is 9.90 Å². The lowest BCUT2D eigenvalue weighted by atomic mass is 10.0. The maximum atomic E-state index is 12.3. The molecule has 0 radical (unpaired) electrons. The molecule has 0 spiro atoms. The van der Waals surface area contributed by atoms with Gasteiger partial charge in [0.05, 0.1) is 11.4 Å². The highest BCUT2D eigenvalue weighted by molar-refractivity contribution is 6.31. The van der Waals surface area contributed by atoms with Gasteiger partial charge in [0.2, 0.25) is 0 Å². The summed E-state index contributed by atoms with van der Waals surface area (Å²) in [5, 5.41) is 12.0. The van der Waals surface area contributed by atoms with E-state index in [1.54, 1.807) is 12.1 Å². The number of carbonyl (C=O) groups is 1. The number of H-pyrrole nitrogens is 1. The number of imidazole rings is 1. The molecule has 164 valence electrons. The lowest BCUT2D eigenvalue weighted by Crippen LogP contribution is -2.07. The molecule has 5 aromatic rings. The van der Waals surface area contributed by atoms with Crippen molar-refractivity contribution in [3.05, 3.63) is 99.9 Å². The van der Waals surface area contributed by atoms with Crippen molar-refractivity contribution in [2.45, 2.75) is 13.5 Å². The van der Waals surface area contributed by atoms with Gasteiger partial charge < -0.3 is 14.7 Å². The number of aromatic nitrogens is 3. The molecule has 0 saturated heterocycles. The van der Waals surface area contributed by atoms with Crippen LogP contribution in [0.2, 0.25) is 10.0 Å². The van der Waals surface area contributed by atoms with Crippen LogP contribution in [0.4, 0.5) is 0 Å². The fourth-order valence-electron chi connectivity index (χ4n) is 4.16. The number of benzene rings is 3. The van der Waals surface area contributed by atoms with E-state index < -0.39 is 5.97 Å². The van der Waals surface area contributed by atoms with Crippen LogP contribution >= 0.6 is 23.2 Å². The third kappa shape index (κ3) is 3.90. The first-order valence-electron chi connectivity index (χ1n) is 10.3. The Morgan fingerprint density at radius 2 is 1.70 bits per heavy atom. The maximum absolute atomic E-state index is 12.3. The van der Waals surface area contributed by atoms with Crippen LogP contribution < -0.4 is 0 Å². The minimum Gasteiger partial charge on any atom is -0.477 e. The molecule has 0 aliphatic heterocycles. The third-order valence-corrected chi connectivity index (χ3v) is 6.16. The second-order valence-electron chi connectivity index (χ2n) is 7.80. The van der Waals surface area contributed by atoms with Gasteiger partial charge in [-0.2, -0.15) is 0 Å². The van der Waals surface area contributed by atoms with Crippen LogP contribution in [0.25, 0.3) is 33.4 Å². The van der Waals surface area contributed by atoms with E-state index in [1.165, 1.54) is 0 Å². The molecule has 2 N–H and O–H groups in total. The van der Waals surface area contributed by atoms with E-state index >= 15 is 0 Å². The Bertz CT molecular complexity index is 1490. The molecular weight excluding hydrogens is 457 g/mol. The second-order valence-corrected chi connectivity index (χ2v) is 8.68. The molecule has 2 heterocycles. The number of fused-ring (bicyclic) bond motifs is 1. The highest BCUT2D eigenvalue weighted by Crippen LogP contribution is 2.40. The highest BCUT2D eigenvalue weighted by atomic mass is 35.5. The van der Waals surface area contributed by atoms with Crippen LogP contribution in [-0.2, 0) is 6.54 Å². The number of aryl methyl sites for hydroxylation is 1. The smallest absolute Gasteiger partial charge is 0.353 e. The van der Waals surface area contributed by atoms with Crippen molar-refractivity contribution in [2.24, 2.45) is 0 Å². The number of carboxylic acid groups (broad SMARTS) is 1. The minimum absolute atomic E-state index is 0.0988. The predicted octanol–water partition coefficient (Wildman–Crippen LogP) is 7.06. The van der Waals surface area contributed by atoms with Crippen molar-refractivity contribution in [1.29, 1.82) is 0 Å². The average molecular weight is 476 g/mol. The van der Waals surface area contributed by atoms with E-state index in [2.05, 4.69) is 9.55 Å². The largest absolute Gasteiger partial charge is 0.477 e. The molecule has 0 saturated carbocycles. The van der Waals surface area contributed by atoms with Crippen molar-refractivity contribution in [2.75, 3.05) is 0 Å². The Morgan fingerprint density at radius 3 is 2.39 bits per heavy atom. The Hall–Kier alpha value is -3.54. The molecule has 0 unspecified atom stereocenters. The molecule has 0 aliphatic carbocycles. The van der Waals surface area contributed by atoms with Crippen LogP contribution in [0.15, 0.2) is 72.8 Å². The van der Waals surface area contributed by atoms with Gasteiger partial charge in [-0.3, -0.25) is 0 Å². The number of hydrogen-bond donors (Lipinski definition) is 2. The van der Waals surface area contributed by atoms with Gasteiger partial charge in [-0.1, -0.05) is 71.7 Å².